The largest absolute Gasteiger partial charge is 0.334 e. The van der Waals surface area contributed by atoms with Gasteiger partial charge in [0.2, 0.25) is 0 Å². The summed E-state index contributed by atoms with van der Waals surface area (Å²) in [5.74, 6) is 0. The molecule has 4 aliphatic rings. The first-order chi connectivity index (χ1) is 31.8. The topological polar surface area (TPSA) is 22.6 Å². The minimum Gasteiger partial charge on any atom is -0.334 e. The van der Waals surface area contributed by atoms with Gasteiger partial charge in [0.25, 0.3) is 6.71 Å². The van der Waals surface area contributed by atoms with E-state index < -0.39 is 0 Å². The summed E-state index contributed by atoms with van der Waals surface area (Å²) in [7, 11) is 0. The molecule has 0 bridgehead atoms. The Balaban J connectivity index is 1.17. The molecule has 11 rings (SSSR count). The van der Waals surface area contributed by atoms with Gasteiger partial charge in [-0.1, -0.05) is 131 Å². The van der Waals surface area contributed by atoms with E-state index in [9.17, 15) is 0 Å². The molecule has 5 heteroatoms. The van der Waals surface area contributed by atoms with Gasteiger partial charge >= 0.3 is 0 Å². The molecule has 2 unspecified atom stereocenters. The third-order valence-corrected chi connectivity index (χ3v) is 16.4. The highest BCUT2D eigenvalue weighted by molar-refractivity contribution is 7.00. The van der Waals surface area contributed by atoms with Crippen LogP contribution in [0.15, 0.2) is 140 Å². The molecule has 3 aliphatic heterocycles. The summed E-state index contributed by atoms with van der Waals surface area (Å²) in [6.45, 7) is 28.3. The van der Waals surface area contributed by atoms with Crippen molar-refractivity contribution >= 4 is 68.6 Å². The van der Waals surface area contributed by atoms with E-state index in [1.54, 1.807) is 0 Å². The number of hydrogen-bond donors (Lipinski definition) is 0. The number of aromatic nitrogens is 1. The van der Waals surface area contributed by atoms with Crippen LogP contribution in [0.2, 0.25) is 0 Å². The molecule has 7 aromatic rings. The highest BCUT2D eigenvalue weighted by Gasteiger charge is 2.58. The Bertz CT molecular complexity index is 3090. The van der Waals surface area contributed by atoms with Gasteiger partial charge in [0.05, 0.1) is 5.54 Å². The zero-order valence-corrected chi connectivity index (χ0v) is 42.0. The number of rotatable bonds is 4. The van der Waals surface area contributed by atoms with Crippen LogP contribution in [-0.4, -0.2) is 17.2 Å². The lowest BCUT2D eigenvalue weighted by Gasteiger charge is -2.50. The maximum absolute atomic E-state index is 4.34. The van der Waals surface area contributed by atoms with Gasteiger partial charge in [0.15, 0.2) is 0 Å². The highest BCUT2D eigenvalue weighted by atomic mass is 15.3. The zero-order chi connectivity index (χ0) is 47.0. The van der Waals surface area contributed by atoms with Crippen LogP contribution in [0.4, 0.5) is 45.5 Å². The maximum atomic E-state index is 4.34. The number of nitrogens with zero attached hydrogens (tertiary/aromatic N) is 4. The van der Waals surface area contributed by atoms with Crippen LogP contribution in [-0.2, 0) is 21.7 Å². The molecule has 0 N–H and O–H groups in total. The Labute approximate surface area is 401 Å². The average molecular weight is 879 g/mol. The van der Waals surface area contributed by atoms with Gasteiger partial charge in [0, 0.05) is 63.3 Å². The Kier molecular flexibility index (Phi) is 9.72. The Hall–Kier alpha value is -6.07. The van der Waals surface area contributed by atoms with Crippen LogP contribution < -0.4 is 31.1 Å². The fourth-order valence-corrected chi connectivity index (χ4v) is 12.4. The van der Waals surface area contributed by atoms with E-state index in [0.29, 0.717) is 0 Å². The van der Waals surface area contributed by atoms with Crippen LogP contribution in [0.1, 0.15) is 130 Å². The van der Waals surface area contributed by atoms with E-state index in [0.717, 1.165) is 6.42 Å². The molecule has 0 spiro atoms. The highest BCUT2D eigenvalue weighted by Crippen LogP contribution is 2.61. The molecule has 67 heavy (non-hydrogen) atoms. The standard InChI is InChI=1S/C62H67BN4/c1-40-34-55-57-56(35-40)66(47-17-15-16-44(37-47)59(5,6)7)53-38-45(60(8,9)10)21-25-50(53)63(57)51-26-24-48(39-54(51)65(55)46-22-19-43(20-23-46)58(2,3)4)67-52-27-18-42(41-28-32-64-33-29-41)36-49(52)61(11)30-13-14-31-62(61,67)12/h15-29,32-39H,13-14,30-31H2,1-12H3. The Morgan fingerprint density at radius 2 is 1.07 bits per heavy atom. The molecule has 1 saturated carbocycles. The minimum atomic E-state index is -0.100. The molecular formula is C62H67BN4. The fourth-order valence-electron chi connectivity index (χ4n) is 12.4. The lowest BCUT2D eigenvalue weighted by atomic mass is 9.33. The number of hydrogen-bond acceptors (Lipinski definition) is 4. The maximum Gasteiger partial charge on any atom is 0.252 e. The van der Waals surface area contributed by atoms with E-state index in [4.69, 9.17) is 0 Å². The average Bonchev–Trinajstić information content (AvgIpc) is 3.50. The van der Waals surface area contributed by atoms with Gasteiger partial charge in [-0.3, -0.25) is 4.98 Å². The summed E-state index contributed by atoms with van der Waals surface area (Å²) in [6.07, 6.45) is 8.61. The minimum absolute atomic E-state index is 0.00695. The van der Waals surface area contributed by atoms with Crippen molar-refractivity contribution in [1.82, 2.24) is 4.98 Å². The van der Waals surface area contributed by atoms with E-state index >= 15 is 0 Å². The van der Waals surface area contributed by atoms with Gasteiger partial charge in [-0.15, -0.1) is 0 Å². The summed E-state index contributed by atoms with van der Waals surface area (Å²) in [5, 5.41) is 0. The van der Waals surface area contributed by atoms with Crippen molar-refractivity contribution in [1.29, 1.82) is 0 Å². The monoisotopic (exact) mass is 879 g/mol. The number of pyridine rings is 1. The molecule has 6 aromatic carbocycles. The van der Waals surface area contributed by atoms with Crippen molar-refractivity contribution in [3.63, 3.8) is 0 Å². The van der Waals surface area contributed by atoms with Crippen LogP contribution in [0, 0.1) is 6.92 Å². The number of fused-ring (bicyclic) bond motifs is 7. The number of benzene rings is 6. The van der Waals surface area contributed by atoms with Crippen molar-refractivity contribution in [3.05, 3.63) is 168 Å². The Morgan fingerprint density at radius 3 is 1.75 bits per heavy atom. The van der Waals surface area contributed by atoms with Crippen molar-refractivity contribution in [2.24, 2.45) is 0 Å². The van der Waals surface area contributed by atoms with E-state index in [1.165, 1.54) is 120 Å². The van der Waals surface area contributed by atoms with Crippen molar-refractivity contribution in [3.8, 4) is 11.1 Å². The third kappa shape index (κ3) is 6.73. The second kappa shape index (κ2) is 15.0. The van der Waals surface area contributed by atoms with Crippen LogP contribution in [0.5, 0.6) is 0 Å². The summed E-state index contributed by atoms with van der Waals surface area (Å²) >= 11 is 0. The third-order valence-electron chi connectivity index (χ3n) is 16.4. The van der Waals surface area contributed by atoms with Gasteiger partial charge < -0.3 is 14.7 Å². The van der Waals surface area contributed by atoms with Gasteiger partial charge in [0.1, 0.15) is 0 Å². The van der Waals surface area contributed by atoms with E-state index in [2.05, 4.69) is 230 Å². The first-order valence-corrected chi connectivity index (χ1v) is 24.9. The quantitative estimate of drug-likeness (QED) is 0.164. The Morgan fingerprint density at radius 1 is 0.493 bits per heavy atom. The number of anilines is 8. The number of aryl methyl sites for hydroxylation is 1. The molecule has 1 aromatic heterocycles. The van der Waals surface area contributed by atoms with Crippen molar-refractivity contribution in [2.45, 2.75) is 136 Å². The summed E-state index contributed by atoms with van der Waals surface area (Å²) in [6, 6.07) is 50.1. The summed E-state index contributed by atoms with van der Waals surface area (Å²) < 4.78 is 0. The predicted octanol–water partition coefficient (Wildman–Crippen LogP) is 14.8. The lowest BCUT2D eigenvalue weighted by molar-refractivity contribution is 0.195. The van der Waals surface area contributed by atoms with Gasteiger partial charge in [-0.05, 0) is 177 Å². The van der Waals surface area contributed by atoms with Crippen LogP contribution in [0.3, 0.4) is 0 Å². The molecule has 2 atom stereocenters. The molecule has 1 aliphatic carbocycles. The van der Waals surface area contributed by atoms with Gasteiger partial charge in [-0.2, -0.15) is 0 Å². The first kappa shape index (κ1) is 43.5. The SMILES string of the molecule is Cc1cc2c3c(c1)N(c1cccc(C(C)(C)C)c1)c1cc(C(C)(C)C)ccc1B3c1ccc(N3c4ccc(-c5ccncc5)cc4C4(C)CCCCC34C)cc1N2c1ccc(C(C)(C)C)cc1. The summed E-state index contributed by atoms with van der Waals surface area (Å²) in [4.78, 5) is 12.3. The molecule has 338 valence electrons. The lowest BCUT2D eigenvalue weighted by Crippen LogP contribution is -2.61. The predicted molar refractivity (Wildman–Crippen MR) is 287 cm³/mol. The summed E-state index contributed by atoms with van der Waals surface area (Å²) in [5.41, 5.74) is 23.2. The molecule has 4 heterocycles. The second-order valence-electron chi connectivity index (χ2n) is 23.8. The molecule has 4 nitrogen and oxygen atoms in total. The zero-order valence-electron chi connectivity index (χ0n) is 42.0. The van der Waals surface area contributed by atoms with Crippen LogP contribution >= 0.6 is 0 Å². The van der Waals surface area contributed by atoms with Gasteiger partial charge in [-0.25, -0.2) is 0 Å². The van der Waals surface area contributed by atoms with E-state index in [1.807, 2.05) is 12.4 Å². The van der Waals surface area contributed by atoms with Crippen molar-refractivity contribution in [2.75, 3.05) is 14.7 Å². The van der Waals surface area contributed by atoms with E-state index in [-0.39, 0.29) is 33.9 Å². The molecule has 0 amide bonds. The molecule has 0 radical (unpaired) electrons. The van der Waals surface area contributed by atoms with Crippen molar-refractivity contribution < 1.29 is 0 Å². The fraction of sp³-hybridized carbons (Fsp3) is 0.339. The normalized spacial score (nSPS) is 19.7. The molecule has 1 fully saturated rings. The second-order valence-corrected chi connectivity index (χ2v) is 23.8. The smallest absolute Gasteiger partial charge is 0.252 e. The molecule has 0 saturated heterocycles. The van der Waals surface area contributed by atoms with Crippen LogP contribution in [0.25, 0.3) is 11.1 Å². The molecular weight excluding hydrogens is 812 g/mol. The first-order valence-electron chi connectivity index (χ1n) is 24.9.